The van der Waals surface area contributed by atoms with E-state index in [0.29, 0.717) is 56.5 Å². The van der Waals surface area contributed by atoms with Crippen LogP contribution in [0.4, 0.5) is 10.1 Å². The number of halogens is 1. The molecule has 1 fully saturated rings. The molecule has 6 nitrogen and oxygen atoms in total. The molecule has 3 aromatic rings. The molecule has 0 radical (unpaired) electrons. The largest absolute Gasteiger partial charge is 0.421 e. The van der Waals surface area contributed by atoms with Crippen LogP contribution in [0.3, 0.4) is 0 Å². The van der Waals surface area contributed by atoms with Gasteiger partial charge in [0.1, 0.15) is 5.82 Å². The van der Waals surface area contributed by atoms with Crippen LogP contribution in [0, 0.1) is 5.82 Å². The molecule has 8 heteroatoms. The van der Waals surface area contributed by atoms with Crippen molar-refractivity contribution < 1.29 is 13.6 Å². The molecule has 0 spiro atoms. The van der Waals surface area contributed by atoms with Gasteiger partial charge in [-0.05, 0) is 23.6 Å². The summed E-state index contributed by atoms with van der Waals surface area (Å²) >= 11 is 1.56. The summed E-state index contributed by atoms with van der Waals surface area (Å²) in [7, 11) is 0. The Morgan fingerprint density at radius 2 is 1.96 bits per heavy atom. The van der Waals surface area contributed by atoms with Crippen LogP contribution in [-0.4, -0.2) is 47.2 Å². The monoisotopic (exact) mass is 386 g/mol. The average molecular weight is 386 g/mol. The van der Waals surface area contributed by atoms with Gasteiger partial charge < -0.3 is 14.2 Å². The van der Waals surface area contributed by atoms with Gasteiger partial charge in [-0.15, -0.1) is 10.2 Å². The summed E-state index contributed by atoms with van der Waals surface area (Å²) in [6.07, 6.45) is 0.745. The Bertz CT molecular complexity index is 904. The number of thiophene rings is 1. The topological polar surface area (TPSA) is 62.5 Å². The number of aryl methyl sites for hydroxylation is 1. The van der Waals surface area contributed by atoms with Gasteiger partial charge in [-0.2, -0.15) is 11.3 Å². The number of carbonyl (C=O) groups excluding carboxylic acids is 1. The smallest absolute Gasteiger partial charge is 0.248 e. The first-order valence-corrected chi connectivity index (χ1v) is 9.77. The Kier molecular flexibility index (Phi) is 5.15. The van der Waals surface area contributed by atoms with E-state index in [1.807, 2.05) is 32.7 Å². The summed E-state index contributed by atoms with van der Waals surface area (Å²) in [5.41, 5.74) is 1.49. The molecule has 1 aromatic carbocycles. The minimum atomic E-state index is -0.227. The SMILES string of the molecule is O=C(CCc1nnc(-c2ccsc2)o1)N1CCN(c2ccccc2F)CC1. The highest BCUT2D eigenvalue weighted by molar-refractivity contribution is 7.08. The van der Waals surface area contributed by atoms with Crippen molar-refractivity contribution in [2.24, 2.45) is 0 Å². The second-order valence-electron chi connectivity index (χ2n) is 6.33. The van der Waals surface area contributed by atoms with E-state index in [1.54, 1.807) is 23.5 Å². The quantitative estimate of drug-likeness (QED) is 0.674. The zero-order valence-electron chi connectivity index (χ0n) is 14.7. The molecule has 27 heavy (non-hydrogen) atoms. The standard InChI is InChI=1S/C19H19FN4O2S/c20-15-3-1-2-4-16(15)23-8-10-24(11-9-23)18(25)6-5-17-21-22-19(26-17)14-7-12-27-13-14/h1-4,7,12-13H,5-6,8-11H2. The molecule has 0 aliphatic carbocycles. The van der Waals surface area contributed by atoms with E-state index in [-0.39, 0.29) is 11.7 Å². The highest BCUT2D eigenvalue weighted by Gasteiger charge is 2.23. The van der Waals surface area contributed by atoms with Crippen molar-refractivity contribution in [2.45, 2.75) is 12.8 Å². The summed E-state index contributed by atoms with van der Waals surface area (Å²) in [4.78, 5) is 16.3. The first-order valence-electron chi connectivity index (χ1n) is 8.83. The molecule has 4 rings (SSSR count). The summed E-state index contributed by atoms with van der Waals surface area (Å²) in [5, 5.41) is 11.9. The van der Waals surface area contributed by atoms with E-state index in [1.165, 1.54) is 6.07 Å². The molecule has 2 aromatic heterocycles. The number of amides is 1. The van der Waals surface area contributed by atoms with Crippen LogP contribution in [0.15, 0.2) is 45.5 Å². The third kappa shape index (κ3) is 4.00. The minimum absolute atomic E-state index is 0.0541. The number of piperazine rings is 1. The fourth-order valence-corrected chi connectivity index (χ4v) is 3.76. The molecule has 1 amide bonds. The van der Waals surface area contributed by atoms with Crippen molar-refractivity contribution in [3.8, 4) is 11.5 Å². The number of carbonyl (C=O) groups is 1. The first-order chi connectivity index (χ1) is 13.2. The van der Waals surface area contributed by atoms with E-state index in [0.717, 1.165) is 5.56 Å². The van der Waals surface area contributed by atoms with Gasteiger partial charge in [-0.1, -0.05) is 12.1 Å². The number of para-hydroxylation sites is 1. The Morgan fingerprint density at radius 3 is 2.70 bits per heavy atom. The Labute approximate surface area is 160 Å². The van der Waals surface area contributed by atoms with Crippen molar-refractivity contribution in [1.82, 2.24) is 15.1 Å². The predicted octanol–water partition coefficient (Wildman–Crippen LogP) is 3.22. The van der Waals surface area contributed by atoms with Crippen LogP contribution in [-0.2, 0) is 11.2 Å². The fourth-order valence-electron chi connectivity index (χ4n) is 3.13. The van der Waals surface area contributed by atoms with Gasteiger partial charge in [0, 0.05) is 50.0 Å². The second kappa shape index (κ2) is 7.87. The number of anilines is 1. The lowest BCUT2D eigenvalue weighted by atomic mass is 10.2. The van der Waals surface area contributed by atoms with Gasteiger partial charge in [0.05, 0.1) is 5.69 Å². The molecule has 3 heterocycles. The maximum atomic E-state index is 13.9. The second-order valence-corrected chi connectivity index (χ2v) is 7.11. The number of benzene rings is 1. The Balaban J connectivity index is 1.28. The van der Waals surface area contributed by atoms with Gasteiger partial charge >= 0.3 is 0 Å². The third-order valence-electron chi connectivity index (χ3n) is 4.61. The highest BCUT2D eigenvalue weighted by atomic mass is 32.1. The Hall–Kier alpha value is -2.74. The summed E-state index contributed by atoms with van der Waals surface area (Å²) in [5.74, 6) is 0.778. The zero-order valence-corrected chi connectivity index (χ0v) is 15.5. The number of rotatable bonds is 5. The molecule has 1 aliphatic rings. The van der Waals surface area contributed by atoms with Crippen LogP contribution in [0.5, 0.6) is 0 Å². The summed E-state index contributed by atoms with van der Waals surface area (Å²) in [6, 6.07) is 8.65. The maximum absolute atomic E-state index is 13.9. The molecular weight excluding hydrogens is 367 g/mol. The van der Waals surface area contributed by atoms with Crippen molar-refractivity contribution in [3.05, 3.63) is 52.8 Å². The van der Waals surface area contributed by atoms with Crippen molar-refractivity contribution in [1.29, 1.82) is 0 Å². The van der Waals surface area contributed by atoms with Crippen LogP contribution >= 0.6 is 11.3 Å². The first kappa shape index (κ1) is 17.7. The molecule has 1 saturated heterocycles. The molecule has 0 bridgehead atoms. The Morgan fingerprint density at radius 1 is 1.15 bits per heavy atom. The van der Waals surface area contributed by atoms with Crippen molar-refractivity contribution >= 4 is 22.9 Å². The lowest BCUT2D eigenvalue weighted by Crippen LogP contribution is -2.49. The highest BCUT2D eigenvalue weighted by Crippen LogP contribution is 2.22. The number of hydrogen-bond acceptors (Lipinski definition) is 6. The van der Waals surface area contributed by atoms with Gasteiger partial charge in [0.25, 0.3) is 0 Å². The van der Waals surface area contributed by atoms with Crippen LogP contribution in [0.2, 0.25) is 0 Å². The van der Waals surface area contributed by atoms with Crippen LogP contribution < -0.4 is 4.90 Å². The zero-order chi connectivity index (χ0) is 18.6. The summed E-state index contributed by atoms with van der Waals surface area (Å²) in [6.45, 7) is 2.40. The minimum Gasteiger partial charge on any atom is -0.421 e. The summed E-state index contributed by atoms with van der Waals surface area (Å²) < 4.78 is 19.5. The maximum Gasteiger partial charge on any atom is 0.248 e. The van der Waals surface area contributed by atoms with Crippen molar-refractivity contribution in [3.63, 3.8) is 0 Å². The number of aromatic nitrogens is 2. The van der Waals surface area contributed by atoms with Gasteiger partial charge in [0.2, 0.25) is 17.7 Å². The number of nitrogens with zero attached hydrogens (tertiary/aromatic N) is 4. The molecule has 0 atom stereocenters. The van der Waals surface area contributed by atoms with E-state index in [2.05, 4.69) is 10.2 Å². The fraction of sp³-hybridized carbons (Fsp3) is 0.316. The number of hydrogen-bond donors (Lipinski definition) is 0. The molecular formula is C19H19FN4O2S. The molecule has 0 saturated carbocycles. The van der Waals surface area contributed by atoms with Gasteiger partial charge in [0.15, 0.2) is 0 Å². The molecule has 0 unspecified atom stereocenters. The normalized spacial score (nSPS) is 14.6. The van der Waals surface area contributed by atoms with Gasteiger partial charge in [-0.3, -0.25) is 4.79 Å². The average Bonchev–Trinajstić information content (AvgIpc) is 3.38. The van der Waals surface area contributed by atoms with E-state index >= 15 is 0 Å². The predicted molar refractivity (Wildman–Crippen MR) is 101 cm³/mol. The lowest BCUT2D eigenvalue weighted by molar-refractivity contribution is -0.131. The van der Waals surface area contributed by atoms with E-state index in [4.69, 9.17) is 4.42 Å². The van der Waals surface area contributed by atoms with Crippen molar-refractivity contribution in [2.75, 3.05) is 31.1 Å². The molecule has 0 N–H and O–H groups in total. The van der Waals surface area contributed by atoms with Crippen LogP contribution in [0.1, 0.15) is 12.3 Å². The van der Waals surface area contributed by atoms with Gasteiger partial charge in [-0.25, -0.2) is 4.39 Å². The van der Waals surface area contributed by atoms with Crippen LogP contribution in [0.25, 0.3) is 11.5 Å². The third-order valence-corrected chi connectivity index (χ3v) is 5.30. The lowest BCUT2D eigenvalue weighted by Gasteiger charge is -2.36. The van der Waals surface area contributed by atoms with E-state index < -0.39 is 0 Å². The van der Waals surface area contributed by atoms with E-state index in [9.17, 15) is 9.18 Å². The molecule has 140 valence electrons. The molecule has 1 aliphatic heterocycles.